The van der Waals surface area contributed by atoms with Crippen LogP contribution in [0.5, 0.6) is 17.2 Å². The van der Waals surface area contributed by atoms with Crippen molar-refractivity contribution in [3.8, 4) is 17.2 Å². The fraction of sp³-hybridized carbons (Fsp3) is 0.333. The Kier molecular flexibility index (Phi) is 10.7. The second-order valence-corrected chi connectivity index (χ2v) is 15.2. The highest BCUT2D eigenvalue weighted by atomic mass is 35.5. The molecule has 1 fully saturated rings. The Morgan fingerprint density at radius 3 is 2.65 bits per heavy atom. The lowest BCUT2D eigenvalue weighted by atomic mass is 9.94. The molecule has 2 aliphatic heterocycles. The molecule has 1 aromatic heterocycles. The molecular weight excluding hydrogens is 705 g/mol. The molecular formula is C36H35Cl2N3O6S2. The van der Waals surface area contributed by atoms with Gasteiger partial charge in [-0.2, -0.15) is 0 Å². The number of ketones is 1. The first-order chi connectivity index (χ1) is 23.5. The first-order valence-corrected chi connectivity index (χ1v) is 18.5. The molecule has 2 atom stereocenters. The van der Waals surface area contributed by atoms with E-state index in [4.69, 9.17) is 37.4 Å². The highest BCUT2D eigenvalue weighted by Gasteiger charge is 2.48. The van der Waals surface area contributed by atoms with E-state index in [0.29, 0.717) is 68.3 Å². The van der Waals surface area contributed by atoms with Crippen molar-refractivity contribution in [3.63, 3.8) is 0 Å². The molecule has 4 aromatic rings. The summed E-state index contributed by atoms with van der Waals surface area (Å²) in [5.74, 6) is 0.742. The van der Waals surface area contributed by atoms with Gasteiger partial charge in [-0.05, 0) is 85.3 Å². The Bertz CT molecular complexity index is 1930. The van der Waals surface area contributed by atoms with Gasteiger partial charge < -0.3 is 19.3 Å². The minimum absolute atomic E-state index is 0.00331. The fourth-order valence-electron chi connectivity index (χ4n) is 5.69. The van der Waals surface area contributed by atoms with Crippen molar-refractivity contribution in [3.05, 3.63) is 92.5 Å². The molecule has 0 aliphatic carbocycles. The number of ether oxygens (including phenoxy) is 3. The highest BCUT2D eigenvalue weighted by Crippen LogP contribution is 2.46. The molecule has 49 heavy (non-hydrogen) atoms. The molecule has 1 N–H and O–H groups in total. The van der Waals surface area contributed by atoms with Crippen molar-refractivity contribution in [1.29, 1.82) is 0 Å². The quantitative estimate of drug-likeness (QED) is 0.0501. The van der Waals surface area contributed by atoms with Gasteiger partial charge in [-0.3, -0.25) is 14.5 Å². The number of rotatable bonds is 12. The molecule has 3 aromatic carbocycles. The highest BCUT2D eigenvalue weighted by molar-refractivity contribution is 8.00. The van der Waals surface area contributed by atoms with E-state index in [0.717, 1.165) is 23.3 Å². The SMILES string of the molecule is CCOc1cc(C2/C(=C(/O)c3ccc4c(c3)CC(C)O4)C(=O)C(=O)N2c2nnc(SCc3ccc(Cl)cc3Cl)s2)ccc1OCCC(C)C. The minimum atomic E-state index is -1.02. The van der Waals surface area contributed by atoms with E-state index in [9.17, 15) is 14.7 Å². The molecule has 1 saturated heterocycles. The smallest absolute Gasteiger partial charge is 0.301 e. The number of amides is 1. The first kappa shape index (κ1) is 35.1. The number of carbonyl (C=O) groups excluding carboxylic acids is 2. The van der Waals surface area contributed by atoms with Crippen LogP contribution in [0.25, 0.3) is 5.76 Å². The Labute approximate surface area is 303 Å². The molecule has 0 spiro atoms. The average Bonchev–Trinajstić information content (AvgIpc) is 3.75. The normalized spacial score (nSPS) is 18.2. The van der Waals surface area contributed by atoms with Crippen LogP contribution < -0.4 is 19.1 Å². The molecule has 9 nitrogen and oxygen atoms in total. The van der Waals surface area contributed by atoms with Crippen LogP contribution in [0.2, 0.25) is 10.0 Å². The van der Waals surface area contributed by atoms with Crippen LogP contribution in [-0.4, -0.2) is 46.3 Å². The summed E-state index contributed by atoms with van der Waals surface area (Å²) in [5.41, 5.74) is 2.66. The topological polar surface area (TPSA) is 111 Å². The molecule has 2 aliphatic rings. The largest absolute Gasteiger partial charge is 0.507 e. The lowest BCUT2D eigenvalue weighted by Gasteiger charge is -2.24. The predicted octanol–water partition coefficient (Wildman–Crippen LogP) is 8.91. The zero-order valence-corrected chi connectivity index (χ0v) is 30.5. The minimum Gasteiger partial charge on any atom is -0.507 e. The van der Waals surface area contributed by atoms with Crippen molar-refractivity contribution in [1.82, 2.24) is 10.2 Å². The van der Waals surface area contributed by atoms with Crippen LogP contribution in [0.3, 0.4) is 0 Å². The number of thioether (sulfide) groups is 1. The van der Waals surface area contributed by atoms with Crippen molar-refractivity contribution in [2.24, 2.45) is 5.92 Å². The number of carbonyl (C=O) groups is 2. The van der Waals surface area contributed by atoms with Gasteiger partial charge in [0.25, 0.3) is 5.78 Å². The van der Waals surface area contributed by atoms with E-state index < -0.39 is 17.7 Å². The van der Waals surface area contributed by atoms with Gasteiger partial charge in [-0.1, -0.05) is 72.3 Å². The van der Waals surface area contributed by atoms with E-state index in [2.05, 4.69) is 24.0 Å². The lowest BCUT2D eigenvalue weighted by Crippen LogP contribution is -2.29. The molecule has 6 rings (SSSR count). The fourth-order valence-corrected chi connectivity index (χ4v) is 8.12. The Balaban J connectivity index is 1.40. The number of aliphatic hydroxyl groups is 1. The van der Waals surface area contributed by atoms with E-state index >= 15 is 0 Å². The van der Waals surface area contributed by atoms with Crippen LogP contribution in [0.4, 0.5) is 5.13 Å². The summed E-state index contributed by atoms with van der Waals surface area (Å²) in [6.45, 7) is 8.95. The van der Waals surface area contributed by atoms with Gasteiger partial charge in [0.2, 0.25) is 5.13 Å². The molecule has 0 radical (unpaired) electrons. The second kappa shape index (κ2) is 15.0. The monoisotopic (exact) mass is 739 g/mol. The van der Waals surface area contributed by atoms with Gasteiger partial charge in [-0.25, -0.2) is 0 Å². The third kappa shape index (κ3) is 7.55. The Morgan fingerprint density at radius 2 is 1.90 bits per heavy atom. The van der Waals surface area contributed by atoms with Crippen LogP contribution in [0.15, 0.2) is 64.5 Å². The van der Waals surface area contributed by atoms with Crippen LogP contribution >= 0.6 is 46.3 Å². The number of anilines is 1. The summed E-state index contributed by atoms with van der Waals surface area (Å²) in [6.07, 6.45) is 1.52. The second-order valence-electron chi connectivity index (χ2n) is 12.2. The Morgan fingerprint density at radius 1 is 1.08 bits per heavy atom. The summed E-state index contributed by atoms with van der Waals surface area (Å²) < 4.78 is 18.4. The van der Waals surface area contributed by atoms with Crippen LogP contribution in [0.1, 0.15) is 62.4 Å². The van der Waals surface area contributed by atoms with Crippen molar-refractivity contribution in [2.45, 2.75) is 62.8 Å². The number of hydrogen-bond donors (Lipinski definition) is 1. The number of hydrogen-bond acceptors (Lipinski definition) is 10. The van der Waals surface area contributed by atoms with E-state index in [1.54, 1.807) is 48.5 Å². The van der Waals surface area contributed by atoms with Gasteiger partial charge in [0.1, 0.15) is 17.6 Å². The lowest BCUT2D eigenvalue weighted by molar-refractivity contribution is -0.132. The number of nitrogens with zero attached hydrogens (tertiary/aromatic N) is 3. The van der Waals surface area contributed by atoms with Gasteiger partial charge in [0.15, 0.2) is 15.8 Å². The maximum atomic E-state index is 13.9. The third-order valence-corrected chi connectivity index (χ3v) is 10.8. The standard InChI is InChI=1S/C36H35Cl2N3O6S2/c1-5-45-29-16-21(7-11-28(29)46-13-12-19(2)3)31-30(32(42)22-8-10-27-24(15-22)14-20(4)47-27)33(43)34(44)41(31)35-39-40-36(49-35)48-18-23-6-9-25(37)17-26(23)38/h6-11,15-17,19-20,31,42H,5,12-14,18H2,1-4H3/b32-30-. The summed E-state index contributed by atoms with van der Waals surface area (Å²) in [4.78, 5) is 29.0. The molecule has 0 bridgehead atoms. The number of halogens is 2. The van der Waals surface area contributed by atoms with Crippen molar-refractivity contribution < 1.29 is 28.9 Å². The molecule has 1 amide bonds. The average molecular weight is 741 g/mol. The van der Waals surface area contributed by atoms with Gasteiger partial charge in [-0.15, -0.1) is 10.2 Å². The summed E-state index contributed by atoms with van der Waals surface area (Å²) in [5, 5.41) is 21.7. The first-order valence-electron chi connectivity index (χ1n) is 15.9. The number of Topliss-reactive ketones (excluding diaryl/α,β-unsaturated/α-hetero) is 1. The molecule has 256 valence electrons. The van der Waals surface area contributed by atoms with Gasteiger partial charge >= 0.3 is 5.91 Å². The number of fused-ring (bicyclic) bond motifs is 1. The summed E-state index contributed by atoms with van der Waals surface area (Å²) in [7, 11) is 0. The molecule has 3 heterocycles. The molecule has 13 heteroatoms. The van der Waals surface area contributed by atoms with Crippen LogP contribution in [0, 0.1) is 5.92 Å². The molecule has 0 saturated carbocycles. The number of aliphatic hydroxyl groups excluding tert-OH is 1. The van der Waals surface area contributed by atoms with Gasteiger partial charge in [0, 0.05) is 27.8 Å². The van der Waals surface area contributed by atoms with Crippen LogP contribution in [-0.2, 0) is 21.8 Å². The van der Waals surface area contributed by atoms with E-state index in [1.807, 2.05) is 19.9 Å². The summed E-state index contributed by atoms with van der Waals surface area (Å²) in [6, 6.07) is 14.8. The van der Waals surface area contributed by atoms with Crippen molar-refractivity contribution >= 4 is 68.9 Å². The van der Waals surface area contributed by atoms with E-state index in [1.165, 1.54) is 28.0 Å². The maximum absolute atomic E-state index is 13.9. The zero-order chi connectivity index (χ0) is 34.8. The number of benzene rings is 3. The van der Waals surface area contributed by atoms with E-state index in [-0.39, 0.29) is 22.6 Å². The zero-order valence-electron chi connectivity index (χ0n) is 27.4. The van der Waals surface area contributed by atoms with Crippen molar-refractivity contribution in [2.75, 3.05) is 18.1 Å². The number of aromatic nitrogens is 2. The summed E-state index contributed by atoms with van der Waals surface area (Å²) >= 11 is 15.0. The predicted molar refractivity (Wildman–Crippen MR) is 194 cm³/mol. The molecule has 2 unspecified atom stereocenters. The third-order valence-electron chi connectivity index (χ3n) is 8.12. The van der Waals surface area contributed by atoms with Gasteiger partial charge in [0.05, 0.1) is 24.8 Å². The maximum Gasteiger partial charge on any atom is 0.301 e. The Hall–Kier alpha value is -3.77.